The van der Waals surface area contributed by atoms with E-state index < -0.39 is 10.0 Å². The molecule has 2 atom stereocenters. The molecule has 0 aliphatic carbocycles. The molecule has 0 saturated carbocycles. The van der Waals surface area contributed by atoms with Gasteiger partial charge in [-0.3, -0.25) is 0 Å². The summed E-state index contributed by atoms with van der Waals surface area (Å²) < 4.78 is 32.2. The van der Waals surface area contributed by atoms with E-state index in [-0.39, 0.29) is 12.1 Å². The van der Waals surface area contributed by atoms with Crippen LogP contribution in [0.15, 0.2) is 29.2 Å². The van der Waals surface area contributed by atoms with Gasteiger partial charge in [-0.2, -0.15) is 0 Å². The summed E-state index contributed by atoms with van der Waals surface area (Å²) in [6.07, 6.45) is 3.19. The Hall–Kier alpha value is -1.11. The van der Waals surface area contributed by atoms with Crippen molar-refractivity contribution in [2.75, 3.05) is 18.5 Å². The van der Waals surface area contributed by atoms with E-state index in [0.717, 1.165) is 31.6 Å². The van der Waals surface area contributed by atoms with Crippen molar-refractivity contribution >= 4 is 15.7 Å². The first-order valence-electron chi connectivity index (χ1n) is 7.51. The van der Waals surface area contributed by atoms with Crippen LogP contribution in [0, 0.1) is 0 Å². The van der Waals surface area contributed by atoms with Crippen molar-refractivity contribution in [2.45, 2.75) is 50.2 Å². The van der Waals surface area contributed by atoms with Crippen LogP contribution in [0.2, 0.25) is 0 Å². The second kappa shape index (κ2) is 7.24. The molecule has 0 aromatic heterocycles. The molecular weight excluding hydrogens is 288 g/mol. The highest BCUT2D eigenvalue weighted by molar-refractivity contribution is 7.89. The standard InChI is InChI=1S/C15H24N2O3S/c1-3-10-16-21(18,19)14-8-6-13(7-9-14)17-12(2)15-5-4-11-20-15/h6-9,12,15-17H,3-5,10-11H2,1-2H3. The predicted octanol–water partition coefficient (Wildman–Crippen LogP) is 2.35. The molecule has 1 saturated heterocycles. The average Bonchev–Trinajstić information content (AvgIpc) is 3.00. The Morgan fingerprint density at radius 1 is 1.33 bits per heavy atom. The molecule has 2 rings (SSSR count). The summed E-state index contributed by atoms with van der Waals surface area (Å²) in [5.74, 6) is 0. The average molecular weight is 312 g/mol. The Kier molecular flexibility index (Phi) is 5.61. The maximum Gasteiger partial charge on any atom is 0.240 e. The molecule has 5 nitrogen and oxygen atoms in total. The topological polar surface area (TPSA) is 67.4 Å². The van der Waals surface area contributed by atoms with Gasteiger partial charge in [-0.05, 0) is 50.5 Å². The molecule has 0 amide bonds. The van der Waals surface area contributed by atoms with Crippen molar-refractivity contribution < 1.29 is 13.2 Å². The van der Waals surface area contributed by atoms with E-state index in [1.807, 2.05) is 6.92 Å². The Balaban J connectivity index is 1.98. The van der Waals surface area contributed by atoms with Gasteiger partial charge >= 0.3 is 0 Å². The summed E-state index contributed by atoms with van der Waals surface area (Å²) in [6.45, 7) is 5.31. The number of benzene rings is 1. The molecule has 2 unspecified atom stereocenters. The molecule has 1 heterocycles. The predicted molar refractivity (Wildman–Crippen MR) is 84.0 cm³/mol. The van der Waals surface area contributed by atoms with Gasteiger partial charge in [-0.15, -0.1) is 0 Å². The Labute approximate surface area is 127 Å². The van der Waals surface area contributed by atoms with Gasteiger partial charge in [0.25, 0.3) is 0 Å². The zero-order valence-corrected chi connectivity index (χ0v) is 13.4. The normalized spacial score (nSPS) is 20.4. The fourth-order valence-electron chi connectivity index (χ4n) is 2.40. The van der Waals surface area contributed by atoms with E-state index in [2.05, 4.69) is 17.0 Å². The first-order chi connectivity index (χ1) is 10.0. The fraction of sp³-hybridized carbons (Fsp3) is 0.600. The van der Waals surface area contributed by atoms with E-state index in [9.17, 15) is 8.42 Å². The van der Waals surface area contributed by atoms with Crippen LogP contribution >= 0.6 is 0 Å². The van der Waals surface area contributed by atoms with Crippen molar-refractivity contribution in [3.8, 4) is 0 Å². The summed E-state index contributed by atoms with van der Waals surface area (Å²) in [5, 5.41) is 3.37. The number of hydrogen-bond acceptors (Lipinski definition) is 4. The van der Waals surface area contributed by atoms with Crippen LogP contribution in [0.3, 0.4) is 0 Å². The molecule has 1 aliphatic heterocycles. The number of ether oxygens (including phenoxy) is 1. The van der Waals surface area contributed by atoms with Crippen molar-refractivity contribution in [1.82, 2.24) is 4.72 Å². The van der Waals surface area contributed by atoms with Crippen LogP contribution in [-0.4, -0.2) is 33.7 Å². The fourth-order valence-corrected chi connectivity index (χ4v) is 3.54. The smallest absolute Gasteiger partial charge is 0.240 e. The molecule has 1 aromatic carbocycles. The van der Waals surface area contributed by atoms with Gasteiger partial charge in [0, 0.05) is 24.9 Å². The zero-order chi connectivity index (χ0) is 15.3. The minimum Gasteiger partial charge on any atom is -0.380 e. The van der Waals surface area contributed by atoms with Crippen LogP contribution in [0.25, 0.3) is 0 Å². The van der Waals surface area contributed by atoms with Gasteiger partial charge in [0.15, 0.2) is 0 Å². The molecule has 21 heavy (non-hydrogen) atoms. The van der Waals surface area contributed by atoms with Crippen molar-refractivity contribution in [3.63, 3.8) is 0 Å². The second-order valence-electron chi connectivity index (χ2n) is 5.41. The van der Waals surface area contributed by atoms with Crippen LogP contribution in [0.4, 0.5) is 5.69 Å². The first-order valence-corrected chi connectivity index (χ1v) is 8.99. The highest BCUT2D eigenvalue weighted by atomic mass is 32.2. The van der Waals surface area contributed by atoms with Gasteiger partial charge < -0.3 is 10.1 Å². The van der Waals surface area contributed by atoms with E-state index in [4.69, 9.17) is 4.74 Å². The lowest BCUT2D eigenvalue weighted by molar-refractivity contribution is 0.0996. The first kappa shape index (κ1) is 16.3. The van der Waals surface area contributed by atoms with Crippen LogP contribution < -0.4 is 10.0 Å². The zero-order valence-electron chi connectivity index (χ0n) is 12.6. The number of rotatable bonds is 7. The molecular formula is C15H24N2O3S. The van der Waals surface area contributed by atoms with E-state index in [1.54, 1.807) is 24.3 Å². The molecule has 0 bridgehead atoms. The Bertz CT molecular complexity index is 537. The largest absolute Gasteiger partial charge is 0.380 e. The van der Waals surface area contributed by atoms with E-state index >= 15 is 0 Å². The molecule has 0 radical (unpaired) electrons. The van der Waals surface area contributed by atoms with Crippen LogP contribution in [0.5, 0.6) is 0 Å². The van der Waals surface area contributed by atoms with E-state index in [1.165, 1.54) is 0 Å². The van der Waals surface area contributed by atoms with Gasteiger partial charge in [0.05, 0.1) is 11.0 Å². The van der Waals surface area contributed by atoms with Crippen LogP contribution in [-0.2, 0) is 14.8 Å². The second-order valence-corrected chi connectivity index (χ2v) is 7.17. The highest BCUT2D eigenvalue weighted by Crippen LogP contribution is 2.20. The lowest BCUT2D eigenvalue weighted by atomic mass is 10.1. The van der Waals surface area contributed by atoms with E-state index in [0.29, 0.717) is 11.4 Å². The molecule has 1 fully saturated rings. The maximum atomic E-state index is 12.0. The number of nitrogens with one attached hydrogen (secondary N) is 2. The molecule has 0 spiro atoms. The lowest BCUT2D eigenvalue weighted by Gasteiger charge is -2.21. The third-order valence-electron chi connectivity index (χ3n) is 3.62. The number of anilines is 1. The third kappa shape index (κ3) is 4.43. The SMILES string of the molecule is CCCNS(=O)(=O)c1ccc(NC(C)C2CCCO2)cc1. The summed E-state index contributed by atoms with van der Waals surface area (Å²) in [7, 11) is -3.39. The third-order valence-corrected chi connectivity index (χ3v) is 5.10. The number of hydrogen-bond donors (Lipinski definition) is 2. The quantitative estimate of drug-likeness (QED) is 0.811. The minimum atomic E-state index is -3.39. The summed E-state index contributed by atoms with van der Waals surface area (Å²) >= 11 is 0. The van der Waals surface area contributed by atoms with Gasteiger partial charge in [-0.1, -0.05) is 6.92 Å². The van der Waals surface area contributed by atoms with Crippen molar-refractivity contribution in [3.05, 3.63) is 24.3 Å². The molecule has 6 heteroatoms. The number of sulfonamides is 1. The monoisotopic (exact) mass is 312 g/mol. The van der Waals surface area contributed by atoms with Gasteiger partial charge in [-0.25, -0.2) is 13.1 Å². The maximum absolute atomic E-state index is 12.0. The summed E-state index contributed by atoms with van der Waals surface area (Å²) in [4.78, 5) is 0.297. The van der Waals surface area contributed by atoms with Gasteiger partial charge in [0.1, 0.15) is 0 Å². The highest BCUT2D eigenvalue weighted by Gasteiger charge is 2.22. The van der Waals surface area contributed by atoms with Gasteiger partial charge in [0.2, 0.25) is 10.0 Å². The summed E-state index contributed by atoms with van der Waals surface area (Å²) in [5.41, 5.74) is 0.910. The minimum absolute atomic E-state index is 0.216. The lowest BCUT2D eigenvalue weighted by Crippen LogP contribution is -2.30. The Morgan fingerprint density at radius 3 is 2.62 bits per heavy atom. The Morgan fingerprint density at radius 2 is 2.05 bits per heavy atom. The summed E-state index contributed by atoms with van der Waals surface area (Å²) in [6, 6.07) is 7.07. The molecule has 1 aromatic rings. The van der Waals surface area contributed by atoms with Crippen molar-refractivity contribution in [1.29, 1.82) is 0 Å². The molecule has 2 N–H and O–H groups in total. The van der Waals surface area contributed by atoms with Crippen LogP contribution in [0.1, 0.15) is 33.1 Å². The molecule has 1 aliphatic rings. The van der Waals surface area contributed by atoms with Crippen molar-refractivity contribution in [2.24, 2.45) is 0 Å². The molecule has 118 valence electrons.